The smallest absolute Gasteiger partial charge is 0.228 e. The maximum atomic E-state index is 12.2. The quantitative estimate of drug-likeness (QED) is 0.922. The zero-order valence-electron chi connectivity index (χ0n) is 11.8. The molecule has 1 saturated heterocycles. The Bertz CT molecular complexity index is 451. The van der Waals surface area contributed by atoms with Crippen molar-refractivity contribution in [2.75, 3.05) is 13.2 Å². The van der Waals surface area contributed by atoms with Crippen LogP contribution in [0.15, 0.2) is 5.38 Å². The monoisotopic (exact) mass is 282 g/mol. The Morgan fingerprint density at radius 2 is 2.32 bits per heavy atom. The van der Waals surface area contributed by atoms with Gasteiger partial charge < -0.3 is 10.0 Å². The molecule has 1 aromatic heterocycles. The molecule has 2 rings (SSSR count). The summed E-state index contributed by atoms with van der Waals surface area (Å²) in [4.78, 5) is 18.6. The molecule has 2 heterocycles. The van der Waals surface area contributed by atoms with Gasteiger partial charge >= 0.3 is 0 Å². The van der Waals surface area contributed by atoms with Crippen LogP contribution in [0.2, 0.25) is 0 Å². The van der Waals surface area contributed by atoms with Crippen LogP contribution < -0.4 is 0 Å². The lowest BCUT2D eigenvalue weighted by Crippen LogP contribution is -2.38. The van der Waals surface area contributed by atoms with E-state index in [2.05, 4.69) is 25.8 Å². The van der Waals surface area contributed by atoms with Crippen molar-refractivity contribution < 1.29 is 9.90 Å². The maximum absolute atomic E-state index is 12.2. The Morgan fingerprint density at radius 1 is 1.58 bits per heavy atom. The van der Waals surface area contributed by atoms with E-state index >= 15 is 0 Å². The van der Waals surface area contributed by atoms with E-state index in [0.717, 1.165) is 30.1 Å². The molecule has 0 unspecified atom stereocenters. The second-order valence-corrected chi connectivity index (χ2v) is 6.99. The summed E-state index contributed by atoms with van der Waals surface area (Å²) < 4.78 is 0. The van der Waals surface area contributed by atoms with Gasteiger partial charge in [-0.3, -0.25) is 4.79 Å². The molecule has 0 aromatic carbocycles. The lowest BCUT2D eigenvalue weighted by Gasteiger charge is -2.22. The van der Waals surface area contributed by atoms with Gasteiger partial charge in [-0.15, -0.1) is 11.3 Å². The van der Waals surface area contributed by atoms with Crippen LogP contribution in [0.4, 0.5) is 0 Å². The number of thiazole rings is 1. The molecular formula is C14H22N2O2S. The zero-order valence-corrected chi connectivity index (χ0v) is 12.7. The largest absolute Gasteiger partial charge is 0.394 e. The van der Waals surface area contributed by atoms with E-state index in [1.807, 2.05) is 5.38 Å². The Balaban J connectivity index is 2.01. The Hall–Kier alpha value is -0.940. The highest BCUT2D eigenvalue weighted by molar-refractivity contribution is 7.09. The van der Waals surface area contributed by atoms with E-state index < -0.39 is 0 Å². The van der Waals surface area contributed by atoms with Crippen LogP contribution >= 0.6 is 11.3 Å². The van der Waals surface area contributed by atoms with Crippen molar-refractivity contribution in [3.05, 3.63) is 16.1 Å². The zero-order chi connectivity index (χ0) is 14.0. The van der Waals surface area contributed by atoms with Crippen LogP contribution in [0.3, 0.4) is 0 Å². The summed E-state index contributed by atoms with van der Waals surface area (Å²) in [6.07, 6.45) is 2.25. The van der Waals surface area contributed by atoms with Crippen molar-refractivity contribution in [1.82, 2.24) is 9.88 Å². The van der Waals surface area contributed by atoms with E-state index in [1.165, 1.54) is 0 Å². The average molecular weight is 282 g/mol. The third kappa shape index (κ3) is 3.34. The summed E-state index contributed by atoms with van der Waals surface area (Å²) in [6.45, 7) is 7.20. The lowest BCUT2D eigenvalue weighted by atomic mass is 9.98. The molecule has 1 amide bonds. The second-order valence-electron chi connectivity index (χ2n) is 6.14. The van der Waals surface area contributed by atoms with Crippen molar-refractivity contribution in [1.29, 1.82) is 0 Å². The lowest BCUT2D eigenvalue weighted by molar-refractivity contribution is -0.132. The van der Waals surface area contributed by atoms with Crippen molar-refractivity contribution in [3.63, 3.8) is 0 Å². The van der Waals surface area contributed by atoms with Crippen LogP contribution in [-0.4, -0.2) is 40.1 Å². The molecule has 1 aromatic rings. The van der Waals surface area contributed by atoms with Gasteiger partial charge in [-0.05, 0) is 12.8 Å². The molecule has 1 aliphatic rings. The van der Waals surface area contributed by atoms with E-state index in [-0.39, 0.29) is 24.0 Å². The van der Waals surface area contributed by atoms with Crippen molar-refractivity contribution in [2.24, 2.45) is 0 Å². The topological polar surface area (TPSA) is 53.4 Å². The van der Waals surface area contributed by atoms with Gasteiger partial charge in [0.1, 0.15) is 0 Å². The summed E-state index contributed by atoms with van der Waals surface area (Å²) in [5.74, 6) is 0.0855. The number of aromatic nitrogens is 1. The molecule has 0 saturated carbocycles. The van der Waals surface area contributed by atoms with Crippen LogP contribution in [0.5, 0.6) is 0 Å². The molecular weight excluding hydrogens is 260 g/mol. The Kier molecular flexibility index (Phi) is 4.26. The second kappa shape index (κ2) is 5.59. The number of nitrogens with zero attached hydrogens (tertiary/aromatic N) is 2. The fraction of sp³-hybridized carbons (Fsp3) is 0.714. The first-order valence-corrected chi connectivity index (χ1v) is 7.65. The number of amides is 1. The first-order valence-electron chi connectivity index (χ1n) is 6.77. The van der Waals surface area contributed by atoms with Gasteiger partial charge in [0.25, 0.3) is 0 Å². The van der Waals surface area contributed by atoms with Gasteiger partial charge in [0, 0.05) is 17.3 Å². The van der Waals surface area contributed by atoms with Gasteiger partial charge in [0.2, 0.25) is 5.91 Å². The molecule has 0 spiro atoms. The SMILES string of the molecule is CC(C)(C)c1nc(CC(=O)N2CCC[C@@H]2CO)cs1. The van der Waals surface area contributed by atoms with Gasteiger partial charge in [-0.25, -0.2) is 4.98 Å². The van der Waals surface area contributed by atoms with E-state index in [1.54, 1.807) is 16.2 Å². The predicted octanol–water partition coefficient (Wildman–Crippen LogP) is 1.97. The van der Waals surface area contributed by atoms with E-state index in [4.69, 9.17) is 0 Å². The van der Waals surface area contributed by atoms with Gasteiger partial charge in [-0.1, -0.05) is 20.8 Å². The minimum Gasteiger partial charge on any atom is -0.394 e. The summed E-state index contributed by atoms with van der Waals surface area (Å²) >= 11 is 1.62. The number of carbonyl (C=O) groups is 1. The molecule has 0 radical (unpaired) electrons. The minimum absolute atomic E-state index is 0.00761. The molecule has 5 heteroatoms. The van der Waals surface area contributed by atoms with Crippen molar-refractivity contribution >= 4 is 17.2 Å². The number of hydrogen-bond donors (Lipinski definition) is 1. The molecule has 1 fully saturated rings. The number of aliphatic hydroxyl groups excluding tert-OH is 1. The number of rotatable bonds is 3. The minimum atomic E-state index is 0.00761. The van der Waals surface area contributed by atoms with E-state index in [9.17, 15) is 9.90 Å². The van der Waals surface area contributed by atoms with E-state index in [0.29, 0.717) is 6.42 Å². The fourth-order valence-electron chi connectivity index (χ4n) is 2.34. The summed E-state index contributed by atoms with van der Waals surface area (Å²) in [5.41, 5.74) is 0.885. The van der Waals surface area contributed by atoms with Crippen molar-refractivity contribution in [3.8, 4) is 0 Å². The number of aliphatic hydroxyl groups is 1. The maximum Gasteiger partial charge on any atom is 0.228 e. The van der Waals surface area contributed by atoms with Crippen LogP contribution in [0.1, 0.15) is 44.3 Å². The van der Waals surface area contributed by atoms with Gasteiger partial charge in [0.15, 0.2) is 0 Å². The summed E-state index contributed by atoms with van der Waals surface area (Å²) in [7, 11) is 0. The summed E-state index contributed by atoms with van der Waals surface area (Å²) in [5, 5.41) is 12.3. The highest BCUT2D eigenvalue weighted by atomic mass is 32.1. The first-order chi connectivity index (χ1) is 8.91. The third-order valence-electron chi connectivity index (χ3n) is 3.43. The molecule has 0 aliphatic carbocycles. The average Bonchev–Trinajstić information content (AvgIpc) is 2.95. The molecule has 1 aliphatic heterocycles. The molecule has 106 valence electrons. The molecule has 19 heavy (non-hydrogen) atoms. The highest BCUT2D eigenvalue weighted by Crippen LogP contribution is 2.26. The standard InChI is InChI=1S/C14H22N2O2S/c1-14(2,3)13-15-10(9-19-13)7-12(18)16-6-4-5-11(16)8-17/h9,11,17H,4-8H2,1-3H3/t11-/m1/s1. The van der Waals surface area contributed by atoms with Crippen LogP contribution in [-0.2, 0) is 16.6 Å². The normalized spacial score (nSPS) is 20.0. The number of likely N-dealkylation sites (tertiary alicyclic amines) is 1. The predicted molar refractivity (Wildman–Crippen MR) is 76.3 cm³/mol. The summed E-state index contributed by atoms with van der Waals surface area (Å²) in [6, 6.07) is 0.00761. The fourth-order valence-corrected chi connectivity index (χ4v) is 3.25. The van der Waals surface area contributed by atoms with Gasteiger partial charge in [-0.2, -0.15) is 0 Å². The molecule has 1 N–H and O–H groups in total. The Morgan fingerprint density at radius 3 is 2.89 bits per heavy atom. The number of hydrogen-bond acceptors (Lipinski definition) is 4. The number of carbonyl (C=O) groups excluding carboxylic acids is 1. The third-order valence-corrected chi connectivity index (χ3v) is 4.75. The van der Waals surface area contributed by atoms with Crippen LogP contribution in [0.25, 0.3) is 0 Å². The van der Waals surface area contributed by atoms with Crippen LogP contribution in [0, 0.1) is 0 Å². The van der Waals surface area contributed by atoms with Gasteiger partial charge in [0.05, 0.1) is 29.8 Å². The van der Waals surface area contributed by atoms with Crippen molar-refractivity contribution in [2.45, 2.75) is 51.5 Å². The molecule has 4 nitrogen and oxygen atoms in total. The molecule has 0 bridgehead atoms. The highest BCUT2D eigenvalue weighted by Gasteiger charge is 2.28. The molecule has 1 atom stereocenters. The first kappa shape index (κ1) is 14.5. The Labute approximate surface area is 118 Å².